The smallest absolute Gasteiger partial charge is 0.231 e. The molecular weight excluding hydrogens is 396 g/mol. The lowest BCUT2D eigenvalue weighted by atomic mass is 10.2. The van der Waals surface area contributed by atoms with Crippen molar-refractivity contribution in [2.45, 2.75) is 19.3 Å². The third-order valence-corrected chi connectivity index (χ3v) is 6.36. The number of benzene rings is 1. The number of fused-ring (bicyclic) bond motifs is 3. The molecule has 0 bridgehead atoms. The van der Waals surface area contributed by atoms with Gasteiger partial charge in [-0.1, -0.05) is 11.3 Å². The van der Waals surface area contributed by atoms with Gasteiger partial charge < -0.3 is 4.74 Å². The topological polar surface area (TPSA) is 78.6 Å². The maximum atomic E-state index is 6.35. The Hall–Kier alpha value is -3.65. The molecular formula is C22H16N6OS. The highest BCUT2D eigenvalue weighted by atomic mass is 32.1. The first-order valence-corrected chi connectivity index (χ1v) is 10.5. The summed E-state index contributed by atoms with van der Waals surface area (Å²) in [6.07, 6.45) is 10.3. The summed E-state index contributed by atoms with van der Waals surface area (Å²) in [5.74, 6) is 1.91. The first-order valence-electron chi connectivity index (χ1n) is 9.72. The maximum absolute atomic E-state index is 6.35. The summed E-state index contributed by atoms with van der Waals surface area (Å²) in [5.41, 5.74) is 3.07. The second kappa shape index (κ2) is 7.00. The van der Waals surface area contributed by atoms with E-state index in [-0.39, 0.29) is 0 Å². The van der Waals surface area contributed by atoms with Crippen molar-refractivity contribution >= 4 is 21.6 Å². The zero-order chi connectivity index (χ0) is 19.9. The first kappa shape index (κ1) is 17.2. The van der Waals surface area contributed by atoms with Crippen LogP contribution in [0.5, 0.6) is 11.6 Å². The van der Waals surface area contributed by atoms with Crippen molar-refractivity contribution < 1.29 is 4.74 Å². The molecule has 30 heavy (non-hydrogen) atoms. The van der Waals surface area contributed by atoms with Crippen LogP contribution in [-0.4, -0.2) is 29.9 Å². The van der Waals surface area contributed by atoms with E-state index in [0.717, 1.165) is 34.3 Å². The van der Waals surface area contributed by atoms with Crippen LogP contribution in [0.15, 0.2) is 61.2 Å². The van der Waals surface area contributed by atoms with Crippen LogP contribution in [0.3, 0.4) is 0 Å². The van der Waals surface area contributed by atoms with Crippen molar-refractivity contribution in [3.8, 4) is 28.7 Å². The lowest BCUT2D eigenvalue weighted by Crippen LogP contribution is -1.98. The van der Waals surface area contributed by atoms with Gasteiger partial charge in [0.1, 0.15) is 10.6 Å². The highest BCUT2D eigenvalue weighted by molar-refractivity contribution is 7.19. The quantitative estimate of drug-likeness (QED) is 0.429. The minimum Gasteiger partial charge on any atom is -0.438 e. The fraction of sp³-hybridized carbons (Fsp3) is 0.136. The number of pyridine rings is 1. The number of hydrogen-bond donors (Lipinski definition) is 0. The van der Waals surface area contributed by atoms with Crippen molar-refractivity contribution in [2.24, 2.45) is 0 Å². The number of ether oxygens (including phenoxy) is 1. The second-order valence-electron chi connectivity index (χ2n) is 7.08. The summed E-state index contributed by atoms with van der Waals surface area (Å²) in [7, 11) is 0. The molecule has 1 aromatic carbocycles. The molecule has 146 valence electrons. The Morgan fingerprint density at radius 1 is 1.03 bits per heavy atom. The highest BCUT2D eigenvalue weighted by Crippen LogP contribution is 2.42. The van der Waals surface area contributed by atoms with Crippen LogP contribution in [-0.2, 0) is 12.8 Å². The Morgan fingerprint density at radius 2 is 2.03 bits per heavy atom. The number of nitrogens with zero attached hydrogens (tertiary/aromatic N) is 6. The summed E-state index contributed by atoms with van der Waals surface area (Å²) < 4.78 is 8.05. The molecule has 0 aliphatic heterocycles. The largest absolute Gasteiger partial charge is 0.438 e. The zero-order valence-corrected chi connectivity index (χ0v) is 16.7. The van der Waals surface area contributed by atoms with Gasteiger partial charge in [0.05, 0.1) is 23.5 Å². The van der Waals surface area contributed by atoms with Crippen LogP contribution in [0.4, 0.5) is 0 Å². The van der Waals surface area contributed by atoms with Crippen LogP contribution >= 0.6 is 11.3 Å². The number of hydrogen-bond acceptors (Lipinski definition) is 7. The molecule has 7 nitrogen and oxygen atoms in total. The van der Waals surface area contributed by atoms with E-state index in [1.54, 1.807) is 40.8 Å². The van der Waals surface area contributed by atoms with Crippen LogP contribution < -0.4 is 4.74 Å². The maximum Gasteiger partial charge on any atom is 0.231 e. The molecule has 5 aromatic rings. The zero-order valence-electron chi connectivity index (χ0n) is 15.9. The van der Waals surface area contributed by atoms with Gasteiger partial charge in [-0.25, -0.2) is 9.67 Å². The average Bonchev–Trinajstić information content (AvgIpc) is 3.52. The van der Waals surface area contributed by atoms with E-state index in [0.29, 0.717) is 17.5 Å². The van der Waals surface area contributed by atoms with E-state index in [1.807, 2.05) is 36.4 Å². The number of aryl methyl sites for hydroxylation is 2. The van der Waals surface area contributed by atoms with Crippen molar-refractivity contribution in [3.05, 3.63) is 71.6 Å². The van der Waals surface area contributed by atoms with Crippen molar-refractivity contribution in [1.82, 2.24) is 29.9 Å². The summed E-state index contributed by atoms with van der Waals surface area (Å²) in [4.78, 5) is 16.2. The molecule has 6 rings (SSSR count). The molecule has 0 fully saturated rings. The lowest BCUT2D eigenvalue weighted by Gasteiger charge is -2.10. The Kier molecular flexibility index (Phi) is 4.02. The van der Waals surface area contributed by atoms with Crippen molar-refractivity contribution in [2.75, 3.05) is 0 Å². The lowest BCUT2D eigenvalue weighted by molar-refractivity contribution is 0.468. The molecule has 4 heterocycles. The fourth-order valence-electron chi connectivity index (χ4n) is 3.81. The van der Waals surface area contributed by atoms with E-state index in [2.05, 4.69) is 15.3 Å². The van der Waals surface area contributed by atoms with Gasteiger partial charge >= 0.3 is 0 Å². The van der Waals surface area contributed by atoms with Gasteiger partial charge in [0.15, 0.2) is 5.82 Å². The molecule has 4 aromatic heterocycles. The minimum absolute atomic E-state index is 0.592. The SMILES string of the molecule is c1cncc(-c2nc(Oc3cccc(-n4ccnn4)c3)c3c4c(sc3n2)CCC4)c1. The standard InChI is InChI=1S/C22H16N6OS/c1-5-15(28-11-10-24-27-28)12-16(6-1)29-21-19-17-7-2-8-18(17)30-22(19)26-20(25-21)14-4-3-9-23-13-14/h1,3-6,9-13H,2,7-8H2. The van der Waals surface area contributed by atoms with E-state index >= 15 is 0 Å². The Bertz CT molecular complexity index is 1350. The predicted octanol–water partition coefficient (Wildman–Crippen LogP) is 4.62. The van der Waals surface area contributed by atoms with Gasteiger partial charge in [-0.3, -0.25) is 4.98 Å². The van der Waals surface area contributed by atoms with Gasteiger partial charge in [-0.05, 0) is 49.1 Å². The first-order chi connectivity index (χ1) is 14.8. The molecule has 1 aliphatic carbocycles. The monoisotopic (exact) mass is 412 g/mol. The van der Waals surface area contributed by atoms with Gasteiger partial charge in [-0.15, -0.1) is 16.4 Å². The molecule has 0 amide bonds. The van der Waals surface area contributed by atoms with E-state index < -0.39 is 0 Å². The minimum atomic E-state index is 0.592. The van der Waals surface area contributed by atoms with E-state index in [9.17, 15) is 0 Å². The van der Waals surface area contributed by atoms with Gasteiger partial charge in [0, 0.05) is 28.9 Å². The average molecular weight is 412 g/mol. The number of thiophene rings is 1. The summed E-state index contributed by atoms with van der Waals surface area (Å²) in [5, 5.41) is 8.97. The molecule has 0 N–H and O–H groups in total. The highest BCUT2D eigenvalue weighted by Gasteiger charge is 2.24. The molecule has 0 unspecified atom stereocenters. The summed E-state index contributed by atoms with van der Waals surface area (Å²) in [6.45, 7) is 0. The fourth-order valence-corrected chi connectivity index (χ4v) is 5.06. The molecule has 0 atom stereocenters. The molecule has 0 saturated heterocycles. The van der Waals surface area contributed by atoms with Crippen LogP contribution in [0, 0.1) is 0 Å². The van der Waals surface area contributed by atoms with E-state index in [4.69, 9.17) is 14.7 Å². The van der Waals surface area contributed by atoms with Crippen molar-refractivity contribution in [1.29, 1.82) is 0 Å². The summed E-state index contributed by atoms with van der Waals surface area (Å²) in [6, 6.07) is 11.6. The van der Waals surface area contributed by atoms with Crippen LogP contribution in [0.1, 0.15) is 16.9 Å². The Morgan fingerprint density at radius 3 is 2.90 bits per heavy atom. The Balaban J connectivity index is 1.49. The van der Waals surface area contributed by atoms with Crippen molar-refractivity contribution in [3.63, 3.8) is 0 Å². The summed E-state index contributed by atoms with van der Waals surface area (Å²) >= 11 is 1.75. The third kappa shape index (κ3) is 2.93. The van der Waals surface area contributed by atoms with Crippen LogP contribution in [0.25, 0.3) is 27.3 Å². The molecule has 0 spiro atoms. The third-order valence-electron chi connectivity index (χ3n) is 5.17. The number of aromatic nitrogens is 6. The molecule has 0 saturated carbocycles. The van der Waals surface area contributed by atoms with E-state index in [1.165, 1.54) is 16.9 Å². The molecule has 1 aliphatic rings. The van der Waals surface area contributed by atoms with Gasteiger partial charge in [-0.2, -0.15) is 4.98 Å². The second-order valence-corrected chi connectivity index (χ2v) is 8.16. The molecule has 8 heteroatoms. The normalized spacial score (nSPS) is 12.9. The number of rotatable bonds is 4. The predicted molar refractivity (Wildman–Crippen MR) is 114 cm³/mol. The molecule has 0 radical (unpaired) electrons. The Labute approximate surface area is 176 Å². The van der Waals surface area contributed by atoms with Gasteiger partial charge in [0.2, 0.25) is 5.88 Å². The van der Waals surface area contributed by atoms with Crippen LogP contribution in [0.2, 0.25) is 0 Å². The van der Waals surface area contributed by atoms with Gasteiger partial charge in [0.25, 0.3) is 0 Å².